The van der Waals surface area contributed by atoms with Crippen LogP contribution >= 0.6 is 0 Å². The number of ether oxygens (including phenoxy) is 1. The fourth-order valence-electron chi connectivity index (χ4n) is 3.82. The van der Waals surface area contributed by atoms with Crippen LogP contribution in [0.5, 0.6) is 5.75 Å². The van der Waals surface area contributed by atoms with Gasteiger partial charge in [0.05, 0.1) is 18.4 Å². The molecule has 0 bridgehead atoms. The summed E-state index contributed by atoms with van der Waals surface area (Å²) >= 11 is 0. The highest BCUT2D eigenvalue weighted by Gasteiger charge is 2.27. The SMILES string of the molecule is Cc1ccccc1-n1nc(C(=O)Nc2cccc(OCCCC#N)c2)c2c1CCC2. The summed E-state index contributed by atoms with van der Waals surface area (Å²) in [5.74, 6) is 0.462. The summed E-state index contributed by atoms with van der Waals surface area (Å²) in [6, 6.07) is 17.5. The molecular weight excluding hydrogens is 376 g/mol. The van der Waals surface area contributed by atoms with Crippen molar-refractivity contribution in [3.63, 3.8) is 0 Å². The smallest absolute Gasteiger partial charge is 0.276 e. The number of hydrogen-bond donors (Lipinski definition) is 1. The fourth-order valence-corrected chi connectivity index (χ4v) is 3.82. The van der Waals surface area contributed by atoms with E-state index in [2.05, 4.69) is 24.4 Å². The lowest BCUT2D eigenvalue weighted by molar-refractivity contribution is 0.102. The average Bonchev–Trinajstić information content (AvgIpc) is 3.35. The third-order valence-corrected chi connectivity index (χ3v) is 5.28. The van der Waals surface area contributed by atoms with E-state index in [0.717, 1.165) is 41.8 Å². The number of aryl methyl sites for hydroxylation is 1. The Labute approximate surface area is 176 Å². The molecule has 4 rings (SSSR count). The van der Waals surface area contributed by atoms with Crippen LogP contribution in [0.2, 0.25) is 0 Å². The Morgan fingerprint density at radius 1 is 1.23 bits per heavy atom. The number of carbonyl (C=O) groups is 1. The van der Waals surface area contributed by atoms with E-state index in [1.54, 1.807) is 6.07 Å². The zero-order valence-corrected chi connectivity index (χ0v) is 17.0. The molecule has 6 nitrogen and oxygen atoms in total. The van der Waals surface area contributed by atoms with Crippen LogP contribution in [-0.4, -0.2) is 22.3 Å². The van der Waals surface area contributed by atoms with E-state index in [0.29, 0.717) is 36.6 Å². The Hall–Kier alpha value is -3.59. The van der Waals surface area contributed by atoms with Gasteiger partial charge in [0.15, 0.2) is 5.69 Å². The molecule has 152 valence electrons. The number of aromatic nitrogens is 2. The van der Waals surface area contributed by atoms with Gasteiger partial charge in [-0.3, -0.25) is 4.79 Å². The number of benzene rings is 2. The number of fused-ring (bicyclic) bond motifs is 1. The number of hydrogen-bond acceptors (Lipinski definition) is 4. The van der Waals surface area contributed by atoms with Crippen molar-refractivity contribution in [2.75, 3.05) is 11.9 Å². The van der Waals surface area contributed by atoms with Crippen LogP contribution in [0.3, 0.4) is 0 Å². The Morgan fingerprint density at radius 3 is 2.93 bits per heavy atom. The number of nitrogens with zero attached hydrogens (tertiary/aromatic N) is 3. The minimum atomic E-state index is -0.206. The number of para-hydroxylation sites is 1. The van der Waals surface area contributed by atoms with E-state index in [9.17, 15) is 4.79 Å². The largest absolute Gasteiger partial charge is 0.493 e. The van der Waals surface area contributed by atoms with Crippen molar-refractivity contribution >= 4 is 11.6 Å². The molecule has 0 saturated carbocycles. The lowest BCUT2D eigenvalue weighted by atomic mass is 10.1. The summed E-state index contributed by atoms with van der Waals surface area (Å²) in [4.78, 5) is 13.1. The monoisotopic (exact) mass is 400 g/mol. The zero-order valence-electron chi connectivity index (χ0n) is 17.0. The second-order valence-electron chi connectivity index (χ2n) is 7.42. The first-order valence-electron chi connectivity index (χ1n) is 10.3. The Bertz CT molecular complexity index is 1110. The van der Waals surface area contributed by atoms with Crippen LogP contribution in [0.4, 0.5) is 5.69 Å². The number of carbonyl (C=O) groups excluding carboxylic acids is 1. The molecule has 2 aromatic carbocycles. The van der Waals surface area contributed by atoms with Crippen molar-refractivity contribution in [2.24, 2.45) is 0 Å². The summed E-state index contributed by atoms with van der Waals surface area (Å²) in [6.45, 7) is 2.53. The quantitative estimate of drug-likeness (QED) is 0.588. The number of unbranched alkanes of at least 4 members (excludes halogenated alkanes) is 1. The molecule has 1 heterocycles. The van der Waals surface area contributed by atoms with Gasteiger partial charge in [0.1, 0.15) is 5.75 Å². The van der Waals surface area contributed by atoms with Crippen molar-refractivity contribution in [3.8, 4) is 17.5 Å². The van der Waals surface area contributed by atoms with Crippen molar-refractivity contribution in [1.82, 2.24) is 9.78 Å². The van der Waals surface area contributed by atoms with Gasteiger partial charge in [-0.15, -0.1) is 0 Å². The minimum absolute atomic E-state index is 0.206. The molecular formula is C24H24N4O2. The molecule has 1 aliphatic rings. The standard InChI is InChI=1S/C24H24N4O2/c1-17-8-2-3-12-21(17)28-22-13-7-11-20(22)23(27-28)24(29)26-18-9-6-10-19(16-18)30-15-5-4-14-25/h2-3,6,8-10,12,16H,4-5,7,11,13,15H2,1H3,(H,26,29). The van der Waals surface area contributed by atoms with Gasteiger partial charge in [-0.05, 0) is 56.4 Å². The highest BCUT2D eigenvalue weighted by molar-refractivity contribution is 6.04. The molecule has 6 heteroatoms. The first-order chi connectivity index (χ1) is 14.7. The molecule has 0 saturated heterocycles. The van der Waals surface area contributed by atoms with Gasteiger partial charge in [-0.2, -0.15) is 10.4 Å². The van der Waals surface area contributed by atoms with Crippen LogP contribution in [0, 0.1) is 18.3 Å². The van der Waals surface area contributed by atoms with E-state index >= 15 is 0 Å². The van der Waals surface area contributed by atoms with E-state index in [1.807, 2.05) is 41.1 Å². The summed E-state index contributed by atoms with van der Waals surface area (Å²) in [5.41, 5.74) is 5.47. The Morgan fingerprint density at radius 2 is 2.10 bits per heavy atom. The van der Waals surface area contributed by atoms with Crippen molar-refractivity contribution in [3.05, 3.63) is 71.0 Å². The van der Waals surface area contributed by atoms with Gasteiger partial charge in [0.2, 0.25) is 0 Å². The zero-order chi connectivity index (χ0) is 20.9. The maximum absolute atomic E-state index is 13.1. The highest BCUT2D eigenvalue weighted by atomic mass is 16.5. The Balaban J connectivity index is 1.54. The van der Waals surface area contributed by atoms with Crippen LogP contribution in [-0.2, 0) is 12.8 Å². The molecule has 0 spiro atoms. The predicted molar refractivity (Wildman–Crippen MR) is 115 cm³/mol. The third-order valence-electron chi connectivity index (χ3n) is 5.28. The summed E-state index contributed by atoms with van der Waals surface area (Å²) in [6.07, 6.45) is 3.97. The molecule has 1 N–H and O–H groups in total. The molecule has 1 aliphatic carbocycles. The van der Waals surface area contributed by atoms with Gasteiger partial charge in [0, 0.05) is 29.4 Å². The molecule has 3 aromatic rings. The lowest BCUT2D eigenvalue weighted by Gasteiger charge is -2.09. The maximum atomic E-state index is 13.1. The summed E-state index contributed by atoms with van der Waals surface area (Å²) < 4.78 is 7.59. The molecule has 1 amide bonds. The number of rotatable bonds is 7. The number of nitrogens with one attached hydrogen (secondary N) is 1. The number of nitriles is 1. The van der Waals surface area contributed by atoms with Gasteiger partial charge in [0.25, 0.3) is 5.91 Å². The second-order valence-corrected chi connectivity index (χ2v) is 7.42. The second kappa shape index (κ2) is 8.83. The summed E-state index contributed by atoms with van der Waals surface area (Å²) in [5, 5.41) is 16.3. The molecule has 1 aromatic heterocycles. The van der Waals surface area contributed by atoms with E-state index < -0.39 is 0 Å². The average molecular weight is 400 g/mol. The first-order valence-corrected chi connectivity index (χ1v) is 10.3. The van der Waals surface area contributed by atoms with Gasteiger partial charge < -0.3 is 10.1 Å². The van der Waals surface area contributed by atoms with Gasteiger partial charge in [-0.25, -0.2) is 4.68 Å². The topological polar surface area (TPSA) is 79.9 Å². The lowest BCUT2D eigenvalue weighted by Crippen LogP contribution is -2.15. The fraction of sp³-hybridized carbons (Fsp3) is 0.292. The molecule has 30 heavy (non-hydrogen) atoms. The van der Waals surface area contributed by atoms with Crippen LogP contribution in [0.1, 0.15) is 46.6 Å². The van der Waals surface area contributed by atoms with Crippen molar-refractivity contribution < 1.29 is 9.53 Å². The Kier molecular flexibility index (Phi) is 5.80. The van der Waals surface area contributed by atoms with Crippen LogP contribution < -0.4 is 10.1 Å². The normalized spacial score (nSPS) is 12.3. The van der Waals surface area contributed by atoms with Crippen molar-refractivity contribution in [1.29, 1.82) is 5.26 Å². The molecule has 0 aliphatic heterocycles. The maximum Gasteiger partial charge on any atom is 0.276 e. The van der Waals surface area contributed by atoms with Gasteiger partial charge in [-0.1, -0.05) is 24.3 Å². The van der Waals surface area contributed by atoms with Crippen LogP contribution in [0.25, 0.3) is 5.69 Å². The minimum Gasteiger partial charge on any atom is -0.493 e. The van der Waals surface area contributed by atoms with E-state index in [-0.39, 0.29) is 5.91 Å². The van der Waals surface area contributed by atoms with Crippen molar-refractivity contribution in [2.45, 2.75) is 39.0 Å². The number of anilines is 1. The molecule has 0 fully saturated rings. The number of amides is 1. The predicted octanol–water partition coefficient (Wildman–Crippen LogP) is 4.60. The van der Waals surface area contributed by atoms with Crippen LogP contribution in [0.15, 0.2) is 48.5 Å². The first kappa shape index (κ1) is 19.7. The van der Waals surface area contributed by atoms with E-state index in [1.165, 1.54) is 0 Å². The summed E-state index contributed by atoms with van der Waals surface area (Å²) in [7, 11) is 0. The molecule has 0 atom stereocenters. The van der Waals surface area contributed by atoms with Gasteiger partial charge >= 0.3 is 0 Å². The molecule has 0 radical (unpaired) electrons. The highest BCUT2D eigenvalue weighted by Crippen LogP contribution is 2.29. The third kappa shape index (κ3) is 4.06. The van der Waals surface area contributed by atoms with E-state index in [4.69, 9.17) is 15.1 Å². The molecule has 0 unspecified atom stereocenters.